The minimum Gasteiger partial charge on any atom is -0.495 e. The van der Waals surface area contributed by atoms with Crippen molar-refractivity contribution in [3.63, 3.8) is 0 Å². The molecule has 0 aromatic heterocycles. The van der Waals surface area contributed by atoms with Gasteiger partial charge in [-0.2, -0.15) is 0 Å². The first-order chi connectivity index (χ1) is 10.6. The predicted molar refractivity (Wildman–Crippen MR) is 85.7 cm³/mol. The number of hydrogen-bond acceptors (Lipinski definition) is 3. The summed E-state index contributed by atoms with van der Waals surface area (Å²) >= 11 is 6.43. The molecule has 1 aromatic rings. The lowest BCUT2D eigenvalue weighted by Crippen LogP contribution is -2.18. The van der Waals surface area contributed by atoms with Crippen molar-refractivity contribution in [2.45, 2.75) is 44.6 Å². The third kappa shape index (κ3) is 2.82. The smallest absolute Gasteiger partial charge is 0.307 e. The summed E-state index contributed by atoms with van der Waals surface area (Å²) in [5, 5.41) is 13.2. The van der Waals surface area contributed by atoms with Crippen LogP contribution < -0.4 is 10.1 Å². The summed E-state index contributed by atoms with van der Waals surface area (Å²) in [6.07, 6.45) is 6.24. The maximum Gasteiger partial charge on any atom is 0.307 e. The van der Waals surface area contributed by atoms with Crippen LogP contribution in [0.15, 0.2) is 6.07 Å². The van der Waals surface area contributed by atoms with Crippen LogP contribution >= 0.6 is 11.6 Å². The van der Waals surface area contributed by atoms with Crippen LogP contribution in [0.3, 0.4) is 0 Å². The Morgan fingerprint density at radius 1 is 1.36 bits per heavy atom. The highest BCUT2D eigenvalue weighted by molar-refractivity contribution is 6.32. The lowest BCUT2D eigenvalue weighted by Gasteiger charge is -2.22. The van der Waals surface area contributed by atoms with Crippen LogP contribution in [0.2, 0.25) is 5.02 Å². The Bertz CT molecular complexity index is 588. The van der Waals surface area contributed by atoms with Gasteiger partial charge >= 0.3 is 5.97 Å². The van der Waals surface area contributed by atoms with Gasteiger partial charge in [0, 0.05) is 18.2 Å². The van der Waals surface area contributed by atoms with Gasteiger partial charge in [-0.1, -0.05) is 18.0 Å². The van der Waals surface area contributed by atoms with Crippen molar-refractivity contribution >= 4 is 17.6 Å². The number of nitrogens with one attached hydrogen (secondary N) is 1. The third-order valence-electron chi connectivity index (χ3n) is 4.88. The highest BCUT2D eigenvalue weighted by Gasteiger charge is 2.34. The first-order valence-corrected chi connectivity index (χ1v) is 8.34. The second kappa shape index (κ2) is 6.47. The SMILES string of the molecule is COc1c(Cl)cc2c(c1C1CC(C(=O)O)CN1)CCCCC2. The molecule has 1 saturated heterocycles. The highest BCUT2D eigenvalue weighted by atomic mass is 35.5. The molecule has 1 aromatic carbocycles. The molecule has 2 aliphatic rings. The molecule has 0 saturated carbocycles. The van der Waals surface area contributed by atoms with E-state index in [1.807, 2.05) is 6.07 Å². The van der Waals surface area contributed by atoms with E-state index in [2.05, 4.69) is 5.32 Å². The van der Waals surface area contributed by atoms with E-state index < -0.39 is 5.97 Å². The zero-order valence-electron chi connectivity index (χ0n) is 12.8. The summed E-state index contributed by atoms with van der Waals surface area (Å²) in [5.74, 6) is -0.358. The molecule has 0 bridgehead atoms. The van der Waals surface area contributed by atoms with E-state index in [1.54, 1.807) is 7.11 Å². The van der Waals surface area contributed by atoms with E-state index in [9.17, 15) is 9.90 Å². The minimum atomic E-state index is -0.734. The standard InChI is InChI=1S/C17H22ClNO3/c1-22-16-13(18)7-10-5-3-2-4-6-12(10)15(16)14-8-11(9-19-14)17(20)21/h7,11,14,19H,2-6,8-9H2,1H3,(H,20,21). The summed E-state index contributed by atoms with van der Waals surface area (Å²) in [7, 11) is 1.64. The Labute approximate surface area is 135 Å². The first kappa shape index (κ1) is 15.6. The average molecular weight is 324 g/mol. The molecule has 3 rings (SSSR count). The van der Waals surface area contributed by atoms with E-state index in [0.29, 0.717) is 23.7 Å². The normalized spacial score (nSPS) is 24.6. The summed E-state index contributed by atoms with van der Waals surface area (Å²) in [5.41, 5.74) is 3.72. The van der Waals surface area contributed by atoms with E-state index in [4.69, 9.17) is 16.3 Å². The molecular formula is C17H22ClNO3. The lowest BCUT2D eigenvalue weighted by atomic mass is 9.89. The highest BCUT2D eigenvalue weighted by Crippen LogP contribution is 2.43. The fraction of sp³-hybridized carbons (Fsp3) is 0.588. The lowest BCUT2D eigenvalue weighted by molar-refractivity contribution is -0.141. The average Bonchev–Trinajstić information content (AvgIpc) is 2.86. The molecule has 0 radical (unpaired) electrons. The monoisotopic (exact) mass is 323 g/mol. The molecule has 1 heterocycles. The number of methoxy groups -OCH3 is 1. The van der Waals surface area contributed by atoms with Crippen molar-refractivity contribution in [3.05, 3.63) is 27.8 Å². The number of carboxylic acid groups (broad SMARTS) is 1. The van der Waals surface area contributed by atoms with Gasteiger partial charge in [0.1, 0.15) is 5.75 Å². The van der Waals surface area contributed by atoms with Crippen molar-refractivity contribution in [1.82, 2.24) is 5.32 Å². The van der Waals surface area contributed by atoms with E-state index >= 15 is 0 Å². The molecule has 1 aliphatic heterocycles. The quantitative estimate of drug-likeness (QED) is 0.837. The van der Waals surface area contributed by atoms with Crippen LogP contribution in [0.5, 0.6) is 5.75 Å². The van der Waals surface area contributed by atoms with E-state index in [0.717, 1.165) is 18.4 Å². The number of carbonyl (C=O) groups is 1. The number of aliphatic carboxylic acids is 1. The second-order valence-electron chi connectivity index (χ2n) is 6.24. The Kier molecular flexibility index (Phi) is 4.59. The van der Waals surface area contributed by atoms with Gasteiger partial charge < -0.3 is 15.2 Å². The van der Waals surface area contributed by atoms with Crippen LogP contribution in [-0.2, 0) is 17.6 Å². The molecule has 0 amide bonds. The third-order valence-corrected chi connectivity index (χ3v) is 5.16. The molecule has 5 heteroatoms. The van der Waals surface area contributed by atoms with Crippen LogP contribution in [0, 0.1) is 5.92 Å². The van der Waals surface area contributed by atoms with Gasteiger partial charge in [-0.15, -0.1) is 0 Å². The van der Waals surface area contributed by atoms with E-state index in [-0.39, 0.29) is 12.0 Å². The number of benzene rings is 1. The zero-order valence-corrected chi connectivity index (χ0v) is 13.6. The molecule has 1 aliphatic carbocycles. The van der Waals surface area contributed by atoms with Crippen LogP contribution in [0.4, 0.5) is 0 Å². The van der Waals surface area contributed by atoms with Crippen molar-refractivity contribution in [2.75, 3.05) is 13.7 Å². The van der Waals surface area contributed by atoms with Gasteiger partial charge in [0.05, 0.1) is 18.1 Å². The summed E-state index contributed by atoms with van der Waals surface area (Å²) in [4.78, 5) is 11.2. The van der Waals surface area contributed by atoms with Crippen molar-refractivity contribution in [1.29, 1.82) is 0 Å². The Morgan fingerprint density at radius 2 is 2.14 bits per heavy atom. The van der Waals surface area contributed by atoms with Gasteiger partial charge in [-0.25, -0.2) is 0 Å². The fourth-order valence-corrected chi connectivity index (χ4v) is 4.09. The van der Waals surface area contributed by atoms with Crippen molar-refractivity contribution in [3.8, 4) is 5.75 Å². The largest absolute Gasteiger partial charge is 0.495 e. The molecule has 22 heavy (non-hydrogen) atoms. The number of rotatable bonds is 3. The maximum absolute atomic E-state index is 11.2. The van der Waals surface area contributed by atoms with Crippen LogP contribution in [0.25, 0.3) is 0 Å². The van der Waals surface area contributed by atoms with Gasteiger partial charge in [0.2, 0.25) is 0 Å². The molecule has 2 unspecified atom stereocenters. The van der Waals surface area contributed by atoms with Crippen LogP contribution in [0.1, 0.15) is 48.4 Å². The fourth-order valence-electron chi connectivity index (χ4n) is 3.78. The molecule has 2 N–H and O–H groups in total. The number of fused-ring (bicyclic) bond motifs is 1. The number of aryl methyl sites for hydroxylation is 1. The Morgan fingerprint density at radius 3 is 2.82 bits per heavy atom. The number of ether oxygens (including phenoxy) is 1. The molecule has 120 valence electrons. The Hall–Kier alpha value is -1.26. The van der Waals surface area contributed by atoms with Crippen molar-refractivity contribution < 1.29 is 14.6 Å². The van der Waals surface area contributed by atoms with Gasteiger partial charge in [0.25, 0.3) is 0 Å². The number of carboxylic acids is 1. The van der Waals surface area contributed by atoms with Gasteiger partial charge in [-0.3, -0.25) is 4.79 Å². The summed E-state index contributed by atoms with van der Waals surface area (Å²) in [6, 6.07) is 2.05. The van der Waals surface area contributed by atoms with Gasteiger partial charge in [0.15, 0.2) is 0 Å². The van der Waals surface area contributed by atoms with Crippen molar-refractivity contribution in [2.24, 2.45) is 5.92 Å². The zero-order chi connectivity index (χ0) is 15.7. The topological polar surface area (TPSA) is 58.6 Å². The predicted octanol–water partition coefficient (Wildman–Crippen LogP) is 3.35. The summed E-state index contributed by atoms with van der Waals surface area (Å²) in [6.45, 7) is 0.504. The molecule has 4 nitrogen and oxygen atoms in total. The molecular weight excluding hydrogens is 302 g/mol. The van der Waals surface area contributed by atoms with Gasteiger partial charge in [-0.05, 0) is 49.3 Å². The van der Waals surface area contributed by atoms with E-state index in [1.165, 1.54) is 30.4 Å². The molecule has 2 atom stereocenters. The summed E-state index contributed by atoms with van der Waals surface area (Å²) < 4.78 is 5.57. The Balaban J connectivity index is 2.05. The first-order valence-electron chi connectivity index (χ1n) is 7.96. The number of halogens is 1. The van der Waals surface area contributed by atoms with Crippen LogP contribution in [-0.4, -0.2) is 24.7 Å². The number of hydrogen-bond donors (Lipinski definition) is 2. The molecule has 1 fully saturated rings. The second-order valence-corrected chi connectivity index (χ2v) is 6.64. The minimum absolute atomic E-state index is 0.0154. The molecule has 0 spiro atoms. The maximum atomic E-state index is 11.2.